The van der Waals surface area contributed by atoms with Gasteiger partial charge in [-0.3, -0.25) is 0 Å². The van der Waals surface area contributed by atoms with Crippen molar-refractivity contribution in [1.29, 1.82) is 0 Å². The van der Waals surface area contributed by atoms with Gasteiger partial charge >= 0.3 is 0 Å². The maximum Gasteiger partial charge on any atom is 0.248 e. The molecule has 1 aliphatic carbocycles. The maximum atomic E-state index is 12.9. The van der Waals surface area contributed by atoms with Crippen LogP contribution in [-0.2, 0) is 19.5 Å². The molecule has 1 aliphatic rings. The summed E-state index contributed by atoms with van der Waals surface area (Å²) in [5, 5.41) is 3.41. The van der Waals surface area contributed by atoms with Crippen molar-refractivity contribution in [3.8, 4) is 0 Å². The molecular formula is C19H21F2NS. The first-order valence-electron chi connectivity index (χ1n) is 7.95. The minimum Gasteiger partial charge on any atom is -0.309 e. The summed E-state index contributed by atoms with van der Waals surface area (Å²) in [5.74, 6) is -2.32. The van der Waals surface area contributed by atoms with Crippen molar-refractivity contribution in [3.63, 3.8) is 0 Å². The van der Waals surface area contributed by atoms with Gasteiger partial charge in [-0.15, -0.1) is 12.6 Å². The van der Waals surface area contributed by atoms with Crippen LogP contribution in [-0.4, -0.2) is 5.92 Å². The van der Waals surface area contributed by atoms with Crippen molar-refractivity contribution < 1.29 is 8.78 Å². The van der Waals surface area contributed by atoms with Crippen LogP contribution in [0.5, 0.6) is 0 Å². The Kier molecular flexibility index (Phi) is 5.02. The summed E-state index contributed by atoms with van der Waals surface area (Å²) >= 11 is 4.50. The Hall–Kier alpha value is -1.39. The summed E-state index contributed by atoms with van der Waals surface area (Å²) in [5.41, 5.74) is 3.48. The molecule has 3 rings (SSSR count). The molecule has 2 aromatic rings. The molecule has 23 heavy (non-hydrogen) atoms. The average molecular weight is 333 g/mol. The summed E-state index contributed by atoms with van der Waals surface area (Å²) in [6.45, 7) is 1.52. The number of rotatable bonds is 6. The summed E-state index contributed by atoms with van der Waals surface area (Å²) in [7, 11) is 0. The molecule has 122 valence electrons. The van der Waals surface area contributed by atoms with E-state index in [1.54, 1.807) is 0 Å². The third kappa shape index (κ3) is 4.55. The predicted octanol–water partition coefficient (Wildman–Crippen LogP) is 4.85. The molecule has 0 heterocycles. The third-order valence-corrected chi connectivity index (χ3v) is 4.77. The van der Waals surface area contributed by atoms with Crippen molar-refractivity contribution in [2.75, 3.05) is 0 Å². The number of hydrogen-bond acceptors (Lipinski definition) is 2. The number of alkyl halides is 2. The Bertz CT molecular complexity index is 650. The first kappa shape index (κ1) is 16.5. The fourth-order valence-electron chi connectivity index (χ4n) is 3.11. The van der Waals surface area contributed by atoms with Gasteiger partial charge in [-0.25, -0.2) is 8.78 Å². The zero-order valence-electron chi connectivity index (χ0n) is 12.9. The Labute approximate surface area is 141 Å². The summed E-state index contributed by atoms with van der Waals surface area (Å²) in [6.07, 6.45) is 0.782. The van der Waals surface area contributed by atoms with Gasteiger partial charge < -0.3 is 5.32 Å². The third-order valence-electron chi connectivity index (χ3n) is 4.33. The number of thiol groups is 1. The van der Waals surface area contributed by atoms with Crippen LogP contribution in [0.3, 0.4) is 0 Å². The number of hydrogen-bond donors (Lipinski definition) is 2. The Morgan fingerprint density at radius 2 is 1.74 bits per heavy atom. The van der Waals surface area contributed by atoms with Crippen LogP contribution in [0.25, 0.3) is 0 Å². The molecule has 0 bridgehead atoms. The van der Waals surface area contributed by atoms with Gasteiger partial charge in [0.2, 0.25) is 5.92 Å². The van der Waals surface area contributed by atoms with E-state index in [1.165, 1.54) is 5.56 Å². The molecule has 1 fully saturated rings. The van der Waals surface area contributed by atoms with Gasteiger partial charge in [-0.1, -0.05) is 42.5 Å². The van der Waals surface area contributed by atoms with Gasteiger partial charge in [0.25, 0.3) is 0 Å². The van der Waals surface area contributed by atoms with Gasteiger partial charge in [0.05, 0.1) is 0 Å². The van der Waals surface area contributed by atoms with E-state index >= 15 is 0 Å². The van der Waals surface area contributed by atoms with Crippen LogP contribution < -0.4 is 5.32 Å². The van der Waals surface area contributed by atoms with Crippen LogP contribution in [0.2, 0.25) is 0 Å². The van der Waals surface area contributed by atoms with E-state index in [2.05, 4.69) is 36.1 Å². The Balaban J connectivity index is 1.55. The largest absolute Gasteiger partial charge is 0.309 e. The first-order valence-corrected chi connectivity index (χ1v) is 8.40. The standard InChI is InChI=1S/C19H21F2NS/c20-19(21)10-16(11-19)8-15-6-7-18(23)17(9-15)13-22-12-14-4-2-1-3-5-14/h1-7,9,16,22-23H,8,10-13H2. The van der Waals surface area contributed by atoms with E-state index in [0.29, 0.717) is 0 Å². The molecule has 1 nitrogen and oxygen atoms in total. The molecule has 0 atom stereocenters. The van der Waals surface area contributed by atoms with Crippen LogP contribution in [0.15, 0.2) is 53.4 Å². The highest BCUT2D eigenvalue weighted by Crippen LogP contribution is 2.43. The van der Waals surface area contributed by atoms with Crippen molar-refractivity contribution >= 4 is 12.6 Å². The zero-order valence-corrected chi connectivity index (χ0v) is 13.8. The second kappa shape index (κ2) is 7.02. The van der Waals surface area contributed by atoms with Crippen molar-refractivity contribution in [3.05, 3.63) is 65.2 Å². The van der Waals surface area contributed by atoms with Crippen molar-refractivity contribution in [2.24, 2.45) is 5.92 Å². The summed E-state index contributed by atoms with van der Waals surface area (Å²) in [4.78, 5) is 0.938. The highest BCUT2D eigenvalue weighted by Gasteiger charge is 2.44. The molecule has 4 heteroatoms. The van der Waals surface area contributed by atoms with Crippen molar-refractivity contribution in [2.45, 2.75) is 43.2 Å². The van der Waals surface area contributed by atoms with Crippen LogP contribution >= 0.6 is 12.6 Å². The lowest BCUT2D eigenvalue weighted by Crippen LogP contribution is -2.36. The molecule has 0 amide bonds. The lowest BCUT2D eigenvalue weighted by molar-refractivity contribution is -0.109. The second-order valence-corrected chi connectivity index (χ2v) is 6.87. The van der Waals surface area contributed by atoms with E-state index in [-0.39, 0.29) is 18.8 Å². The maximum absolute atomic E-state index is 12.9. The Morgan fingerprint density at radius 3 is 2.43 bits per heavy atom. The fourth-order valence-corrected chi connectivity index (χ4v) is 3.33. The highest BCUT2D eigenvalue weighted by atomic mass is 32.1. The van der Waals surface area contributed by atoms with Gasteiger partial charge in [0, 0.05) is 30.8 Å². The highest BCUT2D eigenvalue weighted by molar-refractivity contribution is 7.80. The minimum atomic E-state index is -2.44. The topological polar surface area (TPSA) is 12.0 Å². The smallest absolute Gasteiger partial charge is 0.248 e. The lowest BCUT2D eigenvalue weighted by Gasteiger charge is -2.35. The summed E-state index contributed by atoms with van der Waals surface area (Å²) < 4.78 is 25.9. The van der Waals surface area contributed by atoms with E-state index < -0.39 is 5.92 Å². The van der Waals surface area contributed by atoms with Gasteiger partial charge in [-0.05, 0) is 35.1 Å². The quantitative estimate of drug-likeness (QED) is 0.720. The SMILES string of the molecule is FC1(F)CC(Cc2ccc(S)c(CNCc3ccccc3)c2)C1. The van der Waals surface area contributed by atoms with Gasteiger partial charge in [0.1, 0.15) is 0 Å². The molecule has 1 saturated carbocycles. The zero-order chi connectivity index (χ0) is 16.3. The minimum absolute atomic E-state index is 0.0250. The molecule has 0 saturated heterocycles. The number of nitrogens with one attached hydrogen (secondary N) is 1. The molecule has 1 N–H and O–H groups in total. The second-order valence-electron chi connectivity index (χ2n) is 6.39. The Morgan fingerprint density at radius 1 is 1.00 bits per heavy atom. The van der Waals surface area contributed by atoms with Crippen LogP contribution in [0, 0.1) is 5.92 Å². The van der Waals surface area contributed by atoms with Gasteiger partial charge in [-0.2, -0.15) is 0 Å². The molecule has 0 spiro atoms. The van der Waals surface area contributed by atoms with Gasteiger partial charge in [0.15, 0.2) is 0 Å². The molecule has 0 radical (unpaired) electrons. The molecule has 0 unspecified atom stereocenters. The van der Waals surface area contributed by atoms with Crippen LogP contribution in [0.4, 0.5) is 8.78 Å². The summed E-state index contributed by atoms with van der Waals surface area (Å²) in [6, 6.07) is 16.3. The van der Waals surface area contributed by atoms with E-state index in [9.17, 15) is 8.78 Å². The first-order chi connectivity index (χ1) is 11.0. The normalized spacial score (nSPS) is 17.0. The molecule has 0 aromatic heterocycles. The van der Waals surface area contributed by atoms with Crippen molar-refractivity contribution in [1.82, 2.24) is 5.32 Å². The lowest BCUT2D eigenvalue weighted by atomic mass is 9.77. The average Bonchev–Trinajstić information content (AvgIpc) is 2.49. The molecular weight excluding hydrogens is 312 g/mol. The van der Waals surface area contributed by atoms with E-state index in [4.69, 9.17) is 0 Å². The van der Waals surface area contributed by atoms with Crippen LogP contribution in [0.1, 0.15) is 29.5 Å². The molecule has 2 aromatic carbocycles. The predicted molar refractivity (Wildman–Crippen MR) is 92.1 cm³/mol. The fraction of sp³-hybridized carbons (Fsp3) is 0.368. The number of benzene rings is 2. The molecule has 0 aliphatic heterocycles. The monoisotopic (exact) mass is 333 g/mol. The van der Waals surface area contributed by atoms with E-state index in [1.807, 2.05) is 30.3 Å². The number of halogens is 2. The van der Waals surface area contributed by atoms with E-state index in [0.717, 1.165) is 35.5 Å².